The van der Waals surface area contributed by atoms with E-state index < -0.39 is 0 Å². The lowest BCUT2D eigenvalue weighted by Gasteiger charge is -2.16. The molecule has 1 rings (SSSR count). The lowest BCUT2D eigenvalue weighted by molar-refractivity contribution is 0.519. The van der Waals surface area contributed by atoms with Crippen LogP contribution >= 0.6 is 15.9 Å². The first-order valence-electron chi connectivity index (χ1n) is 4.61. The van der Waals surface area contributed by atoms with E-state index in [0.29, 0.717) is 0 Å². The van der Waals surface area contributed by atoms with E-state index in [-0.39, 0.29) is 6.04 Å². The summed E-state index contributed by atoms with van der Waals surface area (Å²) in [6, 6.07) is 8.28. The molecule has 0 aromatic heterocycles. The number of hydrazine groups is 1. The van der Waals surface area contributed by atoms with Crippen LogP contribution in [0.4, 0.5) is 0 Å². The summed E-state index contributed by atoms with van der Waals surface area (Å²) in [5.41, 5.74) is 4.01. The van der Waals surface area contributed by atoms with Crippen molar-refractivity contribution in [2.45, 2.75) is 18.9 Å². The Balaban J connectivity index is 2.78. The van der Waals surface area contributed by atoms with Gasteiger partial charge in [-0.05, 0) is 24.5 Å². The fourth-order valence-electron chi connectivity index (χ4n) is 1.37. The minimum absolute atomic E-state index is 0.184. The van der Waals surface area contributed by atoms with Gasteiger partial charge in [0.25, 0.3) is 0 Å². The Morgan fingerprint density at radius 1 is 1.50 bits per heavy atom. The molecule has 0 saturated carbocycles. The van der Waals surface area contributed by atoms with E-state index >= 15 is 0 Å². The van der Waals surface area contributed by atoms with E-state index in [2.05, 4.69) is 34.0 Å². The van der Waals surface area contributed by atoms with Gasteiger partial charge >= 0.3 is 0 Å². The molecule has 0 aliphatic carbocycles. The molecule has 0 saturated heterocycles. The first-order chi connectivity index (χ1) is 6.79. The molecule has 3 heteroatoms. The highest BCUT2D eigenvalue weighted by Gasteiger charge is 2.10. The topological polar surface area (TPSA) is 38.0 Å². The maximum Gasteiger partial charge on any atom is 0.0474 e. The molecule has 0 radical (unpaired) electrons. The third-order valence-electron chi connectivity index (χ3n) is 2.14. The van der Waals surface area contributed by atoms with E-state index in [0.717, 1.165) is 17.3 Å². The Bertz CT molecular complexity index is 299. The number of benzene rings is 1. The van der Waals surface area contributed by atoms with Crippen molar-refractivity contribution in [3.63, 3.8) is 0 Å². The summed E-state index contributed by atoms with van der Waals surface area (Å²) >= 11 is 3.51. The summed E-state index contributed by atoms with van der Waals surface area (Å²) in [4.78, 5) is 0. The van der Waals surface area contributed by atoms with Crippen LogP contribution in [0.5, 0.6) is 0 Å². The molecule has 0 aliphatic rings. The van der Waals surface area contributed by atoms with Gasteiger partial charge in [0.15, 0.2) is 0 Å². The highest BCUT2D eigenvalue weighted by atomic mass is 79.9. The summed E-state index contributed by atoms with van der Waals surface area (Å²) in [5.74, 6) is 5.51. The molecule has 1 atom stereocenters. The molecule has 14 heavy (non-hydrogen) atoms. The fraction of sp³-hybridized carbons (Fsp3) is 0.273. The lowest BCUT2D eigenvalue weighted by atomic mass is 10.0. The van der Waals surface area contributed by atoms with Gasteiger partial charge in [0, 0.05) is 10.5 Å². The van der Waals surface area contributed by atoms with Crippen LogP contribution in [0, 0.1) is 0 Å². The van der Waals surface area contributed by atoms with Crippen molar-refractivity contribution in [2.24, 2.45) is 5.84 Å². The second kappa shape index (κ2) is 5.96. The molecule has 0 aliphatic heterocycles. The predicted molar refractivity (Wildman–Crippen MR) is 63.6 cm³/mol. The van der Waals surface area contributed by atoms with Gasteiger partial charge in [-0.1, -0.05) is 40.2 Å². The summed E-state index contributed by atoms with van der Waals surface area (Å²) in [5, 5.41) is 0. The highest BCUT2D eigenvalue weighted by Crippen LogP contribution is 2.25. The normalized spacial score (nSPS) is 12.4. The molecule has 1 aromatic rings. The maximum atomic E-state index is 5.51. The Hall–Kier alpha value is -0.640. The second-order valence-corrected chi connectivity index (χ2v) is 3.96. The van der Waals surface area contributed by atoms with Crippen molar-refractivity contribution < 1.29 is 0 Å². The van der Waals surface area contributed by atoms with Crippen LogP contribution in [-0.2, 0) is 0 Å². The van der Waals surface area contributed by atoms with E-state index in [9.17, 15) is 0 Å². The zero-order valence-corrected chi connectivity index (χ0v) is 9.63. The van der Waals surface area contributed by atoms with Crippen LogP contribution < -0.4 is 11.3 Å². The molecular formula is C11H15BrN2. The number of rotatable bonds is 5. The van der Waals surface area contributed by atoms with E-state index in [1.165, 1.54) is 5.56 Å². The third-order valence-corrected chi connectivity index (χ3v) is 2.86. The minimum Gasteiger partial charge on any atom is -0.271 e. The van der Waals surface area contributed by atoms with Crippen molar-refractivity contribution in [2.75, 3.05) is 0 Å². The fourth-order valence-corrected chi connectivity index (χ4v) is 1.93. The van der Waals surface area contributed by atoms with Gasteiger partial charge in [0.05, 0.1) is 0 Å². The minimum atomic E-state index is 0.184. The summed E-state index contributed by atoms with van der Waals surface area (Å²) in [7, 11) is 0. The van der Waals surface area contributed by atoms with Gasteiger partial charge in [-0.25, -0.2) is 0 Å². The van der Waals surface area contributed by atoms with Crippen molar-refractivity contribution >= 4 is 15.9 Å². The third kappa shape index (κ3) is 2.94. The number of allylic oxidation sites excluding steroid dienone is 1. The molecule has 2 nitrogen and oxygen atoms in total. The van der Waals surface area contributed by atoms with Crippen LogP contribution in [0.25, 0.3) is 0 Å². The van der Waals surface area contributed by atoms with E-state index in [1.807, 2.05) is 24.3 Å². The average Bonchev–Trinajstić information content (AvgIpc) is 2.21. The molecule has 0 amide bonds. The van der Waals surface area contributed by atoms with Crippen molar-refractivity contribution in [3.05, 3.63) is 47.0 Å². The standard InChI is InChI=1S/C11H15BrN2/c1-2-3-8-11(14-13)9-6-4-5-7-10(9)12/h2,4-7,11,14H,1,3,8,13H2. The highest BCUT2D eigenvalue weighted by molar-refractivity contribution is 9.10. The largest absolute Gasteiger partial charge is 0.271 e. The zero-order valence-electron chi connectivity index (χ0n) is 8.04. The summed E-state index contributed by atoms with van der Waals surface area (Å²) < 4.78 is 1.09. The number of hydrogen-bond acceptors (Lipinski definition) is 2. The number of halogens is 1. The molecule has 0 heterocycles. The Morgan fingerprint density at radius 2 is 2.21 bits per heavy atom. The Morgan fingerprint density at radius 3 is 2.79 bits per heavy atom. The lowest BCUT2D eigenvalue weighted by Crippen LogP contribution is -2.28. The van der Waals surface area contributed by atoms with Gasteiger partial charge in [-0.15, -0.1) is 6.58 Å². The van der Waals surface area contributed by atoms with Crippen molar-refractivity contribution in [3.8, 4) is 0 Å². The Labute approximate surface area is 93.3 Å². The molecule has 76 valence electrons. The van der Waals surface area contributed by atoms with E-state index in [4.69, 9.17) is 5.84 Å². The monoisotopic (exact) mass is 254 g/mol. The average molecular weight is 255 g/mol. The quantitative estimate of drug-likeness (QED) is 0.482. The molecule has 1 aromatic carbocycles. The van der Waals surface area contributed by atoms with Crippen LogP contribution in [-0.4, -0.2) is 0 Å². The molecular weight excluding hydrogens is 240 g/mol. The van der Waals surface area contributed by atoms with Crippen molar-refractivity contribution in [1.29, 1.82) is 0 Å². The smallest absolute Gasteiger partial charge is 0.0474 e. The number of nitrogens with two attached hydrogens (primary N) is 1. The maximum absolute atomic E-state index is 5.51. The zero-order chi connectivity index (χ0) is 10.4. The van der Waals surface area contributed by atoms with Gasteiger partial charge in [-0.3, -0.25) is 11.3 Å². The van der Waals surface area contributed by atoms with E-state index in [1.54, 1.807) is 0 Å². The van der Waals surface area contributed by atoms with Gasteiger partial charge < -0.3 is 0 Å². The van der Waals surface area contributed by atoms with Crippen LogP contribution in [0.15, 0.2) is 41.4 Å². The summed E-state index contributed by atoms with van der Waals surface area (Å²) in [6.07, 6.45) is 3.82. The molecule has 1 unspecified atom stereocenters. The molecule has 3 N–H and O–H groups in total. The van der Waals surface area contributed by atoms with Crippen LogP contribution in [0.2, 0.25) is 0 Å². The molecule has 0 fully saturated rings. The predicted octanol–water partition coefficient (Wildman–Crippen LogP) is 2.92. The summed E-state index contributed by atoms with van der Waals surface area (Å²) in [6.45, 7) is 3.70. The van der Waals surface area contributed by atoms with Gasteiger partial charge in [-0.2, -0.15) is 0 Å². The second-order valence-electron chi connectivity index (χ2n) is 3.11. The molecule has 0 bridgehead atoms. The number of hydrogen-bond donors (Lipinski definition) is 2. The SMILES string of the molecule is C=CCCC(NN)c1ccccc1Br. The first-order valence-corrected chi connectivity index (χ1v) is 5.40. The van der Waals surface area contributed by atoms with Crippen molar-refractivity contribution in [1.82, 2.24) is 5.43 Å². The van der Waals surface area contributed by atoms with Crippen LogP contribution in [0.3, 0.4) is 0 Å². The van der Waals surface area contributed by atoms with Crippen LogP contribution in [0.1, 0.15) is 24.4 Å². The number of nitrogens with one attached hydrogen (secondary N) is 1. The van der Waals surface area contributed by atoms with Gasteiger partial charge in [0.2, 0.25) is 0 Å². The first kappa shape index (κ1) is 11.4. The Kier molecular flexibility index (Phi) is 4.87. The van der Waals surface area contributed by atoms with Gasteiger partial charge in [0.1, 0.15) is 0 Å². The molecule has 0 spiro atoms.